The van der Waals surface area contributed by atoms with Gasteiger partial charge in [-0.15, -0.1) is 0 Å². The lowest BCUT2D eigenvalue weighted by molar-refractivity contribution is -0.113. The molecule has 0 aliphatic heterocycles. The van der Waals surface area contributed by atoms with Crippen LogP contribution in [0.5, 0.6) is 0 Å². The zero-order valence-electron chi connectivity index (χ0n) is 13.5. The van der Waals surface area contributed by atoms with Crippen LogP contribution in [0.1, 0.15) is 42.3 Å². The lowest BCUT2D eigenvalue weighted by Gasteiger charge is -2.16. The Morgan fingerprint density at radius 3 is 2.79 bits per heavy atom. The summed E-state index contributed by atoms with van der Waals surface area (Å²) in [6, 6.07) is 8.27. The van der Waals surface area contributed by atoms with Gasteiger partial charge in [-0.3, -0.25) is 4.79 Å². The normalized spacial score (nSPS) is 14.2. The third kappa shape index (κ3) is 2.24. The number of allylic oxidation sites excluding steroid dienone is 1. The molecule has 120 valence electrons. The second kappa shape index (κ2) is 5.37. The van der Waals surface area contributed by atoms with E-state index in [-0.39, 0.29) is 18.1 Å². The third-order valence-corrected chi connectivity index (χ3v) is 4.32. The van der Waals surface area contributed by atoms with E-state index in [1.807, 2.05) is 6.07 Å². The zero-order chi connectivity index (χ0) is 16.8. The van der Waals surface area contributed by atoms with Crippen LogP contribution in [0.2, 0.25) is 0 Å². The van der Waals surface area contributed by atoms with Crippen molar-refractivity contribution in [3.05, 3.63) is 64.9 Å². The highest BCUT2D eigenvalue weighted by molar-refractivity contribution is 6.27. The van der Waals surface area contributed by atoms with Crippen LogP contribution in [0.3, 0.4) is 0 Å². The van der Waals surface area contributed by atoms with Gasteiger partial charge in [0.15, 0.2) is 11.4 Å². The number of benzene rings is 1. The molecule has 1 aromatic carbocycles. The van der Waals surface area contributed by atoms with Gasteiger partial charge in [0.25, 0.3) is 0 Å². The summed E-state index contributed by atoms with van der Waals surface area (Å²) in [5.41, 5.74) is 3.99. The first-order valence-electron chi connectivity index (χ1n) is 7.92. The van der Waals surface area contributed by atoms with Gasteiger partial charge in [0.1, 0.15) is 5.82 Å². The lowest BCUT2D eigenvalue weighted by Crippen LogP contribution is -2.16. The fourth-order valence-electron chi connectivity index (χ4n) is 2.98. The van der Waals surface area contributed by atoms with Gasteiger partial charge < -0.3 is 0 Å². The molecule has 4 rings (SSSR count). The predicted molar refractivity (Wildman–Crippen MR) is 90.1 cm³/mol. The number of rotatable bonds is 2. The minimum Gasteiger partial charge on any atom is -0.294 e. The Kier molecular flexibility index (Phi) is 3.30. The van der Waals surface area contributed by atoms with E-state index in [4.69, 9.17) is 0 Å². The summed E-state index contributed by atoms with van der Waals surface area (Å²) in [5.74, 6) is -0.219. The molecule has 5 heteroatoms. The van der Waals surface area contributed by atoms with Crippen molar-refractivity contribution in [2.75, 3.05) is 0 Å². The molecule has 3 aromatic rings. The summed E-state index contributed by atoms with van der Waals surface area (Å²) in [5, 5.41) is 4.57. The zero-order valence-corrected chi connectivity index (χ0v) is 13.5. The maximum absolute atomic E-state index is 14.0. The number of halogens is 1. The molecule has 0 atom stereocenters. The van der Waals surface area contributed by atoms with E-state index in [2.05, 4.69) is 23.9 Å². The predicted octanol–water partition coefficient (Wildman–Crippen LogP) is 3.66. The first kappa shape index (κ1) is 14.8. The summed E-state index contributed by atoms with van der Waals surface area (Å²) in [4.78, 5) is 17.0. The highest BCUT2D eigenvalue weighted by atomic mass is 19.1. The molecule has 0 saturated carbocycles. The summed E-state index contributed by atoms with van der Waals surface area (Å²) < 4.78 is 15.8. The SMILES string of the molecule is CC(C)c1cc2ncc3c(n2n1)CC(=O)C(c1ccccc1F)=C3. The lowest BCUT2D eigenvalue weighted by atomic mass is 9.90. The Morgan fingerprint density at radius 2 is 2.04 bits per heavy atom. The maximum Gasteiger partial charge on any atom is 0.169 e. The number of Topliss-reactive ketones (excluding diaryl/α,β-unsaturated/α-hetero) is 1. The van der Waals surface area contributed by atoms with Gasteiger partial charge >= 0.3 is 0 Å². The molecule has 1 aliphatic carbocycles. The fraction of sp³-hybridized carbons (Fsp3) is 0.211. The van der Waals surface area contributed by atoms with Crippen LogP contribution in [0.15, 0.2) is 36.5 Å². The Hall–Kier alpha value is -2.82. The van der Waals surface area contributed by atoms with Crippen molar-refractivity contribution in [3.63, 3.8) is 0 Å². The van der Waals surface area contributed by atoms with Crippen LogP contribution >= 0.6 is 0 Å². The molecule has 0 radical (unpaired) electrons. The number of fused-ring (bicyclic) bond motifs is 3. The molecular formula is C19H16FN3O. The van der Waals surface area contributed by atoms with Crippen LogP contribution in [0.4, 0.5) is 4.39 Å². The van der Waals surface area contributed by atoms with E-state index in [1.54, 1.807) is 35.0 Å². The smallest absolute Gasteiger partial charge is 0.169 e. The number of ketones is 1. The quantitative estimate of drug-likeness (QED) is 0.724. The second-order valence-electron chi connectivity index (χ2n) is 6.29. The first-order valence-corrected chi connectivity index (χ1v) is 7.92. The molecule has 0 spiro atoms. The average molecular weight is 321 g/mol. The molecule has 0 saturated heterocycles. The number of carbonyl (C=O) groups excluding carboxylic acids is 1. The Bertz CT molecular complexity index is 1000. The van der Waals surface area contributed by atoms with E-state index >= 15 is 0 Å². The van der Waals surface area contributed by atoms with Crippen molar-refractivity contribution in [1.82, 2.24) is 14.6 Å². The van der Waals surface area contributed by atoms with Gasteiger partial charge in [-0.05, 0) is 18.1 Å². The van der Waals surface area contributed by atoms with Gasteiger partial charge in [-0.25, -0.2) is 13.9 Å². The Labute approximate surface area is 138 Å². The largest absolute Gasteiger partial charge is 0.294 e. The van der Waals surface area contributed by atoms with Crippen LogP contribution in [-0.2, 0) is 11.2 Å². The molecule has 24 heavy (non-hydrogen) atoms. The molecular weight excluding hydrogens is 305 g/mol. The number of hydrogen-bond donors (Lipinski definition) is 0. The van der Waals surface area contributed by atoms with Crippen molar-refractivity contribution in [2.24, 2.45) is 0 Å². The highest BCUT2D eigenvalue weighted by Crippen LogP contribution is 2.29. The van der Waals surface area contributed by atoms with Gasteiger partial charge in [0.2, 0.25) is 0 Å². The summed E-state index contributed by atoms with van der Waals surface area (Å²) in [6.07, 6.45) is 3.63. The molecule has 0 bridgehead atoms. The van der Waals surface area contributed by atoms with Gasteiger partial charge in [-0.2, -0.15) is 5.10 Å². The van der Waals surface area contributed by atoms with Crippen LogP contribution in [-0.4, -0.2) is 20.4 Å². The molecule has 0 amide bonds. The van der Waals surface area contributed by atoms with Crippen molar-refractivity contribution >= 4 is 23.1 Å². The van der Waals surface area contributed by atoms with Gasteiger partial charge in [-0.1, -0.05) is 32.0 Å². The van der Waals surface area contributed by atoms with E-state index < -0.39 is 5.82 Å². The summed E-state index contributed by atoms with van der Waals surface area (Å²) in [7, 11) is 0. The van der Waals surface area contributed by atoms with Crippen molar-refractivity contribution in [1.29, 1.82) is 0 Å². The highest BCUT2D eigenvalue weighted by Gasteiger charge is 2.24. The van der Waals surface area contributed by atoms with Crippen molar-refractivity contribution in [2.45, 2.75) is 26.2 Å². The average Bonchev–Trinajstić information content (AvgIpc) is 3.00. The fourth-order valence-corrected chi connectivity index (χ4v) is 2.98. The first-order chi connectivity index (χ1) is 11.5. The number of carbonyl (C=O) groups is 1. The van der Waals surface area contributed by atoms with E-state index in [0.717, 1.165) is 22.6 Å². The summed E-state index contributed by atoms with van der Waals surface area (Å²) >= 11 is 0. The van der Waals surface area contributed by atoms with E-state index in [0.29, 0.717) is 11.1 Å². The number of hydrogen-bond acceptors (Lipinski definition) is 3. The van der Waals surface area contributed by atoms with Crippen LogP contribution < -0.4 is 0 Å². The van der Waals surface area contributed by atoms with Gasteiger partial charge in [0.05, 0.1) is 17.8 Å². The minimum atomic E-state index is -0.393. The Morgan fingerprint density at radius 1 is 1.25 bits per heavy atom. The molecule has 2 heterocycles. The van der Waals surface area contributed by atoms with Gasteiger partial charge in [0, 0.05) is 29.0 Å². The standard InChI is InChI=1S/C19H16FN3O/c1-11(2)16-8-19-21-10-12-7-14(13-5-3-4-6-15(13)20)18(24)9-17(12)23(19)22-16/h3-8,10-11H,9H2,1-2H3. The van der Waals surface area contributed by atoms with Crippen LogP contribution in [0.25, 0.3) is 17.3 Å². The molecule has 2 aromatic heterocycles. The van der Waals surface area contributed by atoms with Crippen LogP contribution in [0, 0.1) is 5.82 Å². The summed E-state index contributed by atoms with van der Waals surface area (Å²) in [6.45, 7) is 4.13. The molecule has 0 N–H and O–H groups in total. The number of nitrogens with zero attached hydrogens (tertiary/aromatic N) is 3. The molecule has 0 fully saturated rings. The molecule has 1 aliphatic rings. The van der Waals surface area contributed by atoms with E-state index in [9.17, 15) is 9.18 Å². The minimum absolute atomic E-state index is 0.110. The maximum atomic E-state index is 14.0. The van der Waals surface area contributed by atoms with Crippen molar-refractivity contribution < 1.29 is 9.18 Å². The third-order valence-electron chi connectivity index (χ3n) is 4.32. The monoisotopic (exact) mass is 321 g/mol. The van der Waals surface area contributed by atoms with E-state index in [1.165, 1.54) is 6.07 Å². The topological polar surface area (TPSA) is 47.3 Å². The molecule has 0 unspecified atom stereocenters. The number of aromatic nitrogens is 3. The molecule has 4 nitrogen and oxygen atoms in total. The second-order valence-corrected chi connectivity index (χ2v) is 6.29. The Balaban J connectivity index is 1.90. The van der Waals surface area contributed by atoms with Crippen molar-refractivity contribution in [3.8, 4) is 0 Å².